The molecule has 0 spiro atoms. The van der Waals surface area contributed by atoms with E-state index in [2.05, 4.69) is 11.9 Å². The number of carbonyl (C=O) groups excluding carboxylic acids is 2. The first-order valence-electron chi connectivity index (χ1n) is 6.24. The summed E-state index contributed by atoms with van der Waals surface area (Å²) in [5.74, 6) is -0.268. The highest BCUT2D eigenvalue weighted by molar-refractivity contribution is 6.09. The Morgan fingerprint density at radius 3 is 2.00 bits per heavy atom. The molecule has 3 heteroatoms. The van der Waals surface area contributed by atoms with Gasteiger partial charge in [0.1, 0.15) is 0 Å². The van der Waals surface area contributed by atoms with Crippen molar-refractivity contribution in [3.05, 3.63) is 77.9 Å². The summed E-state index contributed by atoms with van der Waals surface area (Å²) in [6, 6.07) is 15.9. The van der Waals surface area contributed by atoms with Crippen LogP contribution in [0.4, 0.5) is 5.69 Å². The van der Waals surface area contributed by atoms with Gasteiger partial charge in [-0.15, -0.1) is 0 Å². The number of hydrogen-bond acceptors (Lipinski definition) is 2. The maximum Gasteiger partial charge on any atom is 0.250 e. The molecule has 2 aromatic carbocycles. The van der Waals surface area contributed by atoms with Crippen LogP contribution in [-0.2, 0) is 4.79 Å². The molecule has 0 saturated heterocycles. The molecule has 0 aliphatic carbocycles. The fourth-order valence-corrected chi connectivity index (χ4v) is 1.70. The van der Waals surface area contributed by atoms with Gasteiger partial charge in [-0.1, -0.05) is 36.9 Å². The Bertz CT molecular complexity index is 642. The zero-order valence-electron chi connectivity index (χ0n) is 11.2. The smallest absolute Gasteiger partial charge is 0.250 e. The molecule has 0 aliphatic heterocycles. The molecule has 100 valence electrons. The number of carbonyl (C=O) groups is 2. The minimum absolute atomic E-state index is 0.0385. The highest BCUT2D eigenvalue weighted by Crippen LogP contribution is 2.14. The zero-order valence-corrected chi connectivity index (χ0v) is 11.2. The Kier molecular flexibility index (Phi) is 4.11. The van der Waals surface area contributed by atoms with Crippen LogP contribution in [0.15, 0.2) is 66.7 Å². The van der Waals surface area contributed by atoms with Gasteiger partial charge < -0.3 is 5.32 Å². The average Bonchev–Trinajstić information content (AvgIpc) is 2.48. The molecule has 3 nitrogen and oxygen atoms in total. The van der Waals surface area contributed by atoms with Gasteiger partial charge in [-0.25, -0.2) is 0 Å². The summed E-state index contributed by atoms with van der Waals surface area (Å²) in [6.07, 6.45) is 0. The second-order valence-corrected chi connectivity index (χ2v) is 4.51. The van der Waals surface area contributed by atoms with Crippen LogP contribution in [0.2, 0.25) is 0 Å². The minimum Gasteiger partial charge on any atom is -0.322 e. The van der Waals surface area contributed by atoms with E-state index in [4.69, 9.17) is 0 Å². The topological polar surface area (TPSA) is 46.2 Å². The molecular formula is C17H15NO2. The van der Waals surface area contributed by atoms with E-state index >= 15 is 0 Å². The maximum absolute atomic E-state index is 12.2. The predicted molar refractivity (Wildman–Crippen MR) is 79.8 cm³/mol. The van der Waals surface area contributed by atoms with E-state index in [9.17, 15) is 9.59 Å². The molecule has 0 saturated carbocycles. The van der Waals surface area contributed by atoms with E-state index in [-0.39, 0.29) is 11.7 Å². The molecule has 2 aromatic rings. The van der Waals surface area contributed by atoms with Gasteiger partial charge in [0.25, 0.3) is 5.91 Å². The van der Waals surface area contributed by atoms with Crippen molar-refractivity contribution in [2.75, 3.05) is 5.32 Å². The van der Waals surface area contributed by atoms with Gasteiger partial charge in [0.2, 0.25) is 0 Å². The fourth-order valence-electron chi connectivity index (χ4n) is 1.70. The molecular weight excluding hydrogens is 250 g/mol. The Morgan fingerprint density at radius 1 is 0.900 bits per heavy atom. The van der Waals surface area contributed by atoms with Crippen LogP contribution in [-0.4, -0.2) is 11.7 Å². The van der Waals surface area contributed by atoms with E-state index in [0.29, 0.717) is 22.4 Å². The van der Waals surface area contributed by atoms with Crippen molar-refractivity contribution >= 4 is 17.4 Å². The van der Waals surface area contributed by atoms with Crippen molar-refractivity contribution < 1.29 is 9.59 Å². The highest BCUT2D eigenvalue weighted by atomic mass is 16.1. The molecule has 0 fully saturated rings. The third-order valence-corrected chi connectivity index (χ3v) is 2.83. The normalized spacial score (nSPS) is 9.85. The molecule has 1 N–H and O–H groups in total. The van der Waals surface area contributed by atoms with Crippen molar-refractivity contribution in [3.8, 4) is 0 Å². The molecule has 1 amide bonds. The van der Waals surface area contributed by atoms with Crippen molar-refractivity contribution in [1.29, 1.82) is 0 Å². The summed E-state index contributed by atoms with van der Waals surface area (Å²) >= 11 is 0. The van der Waals surface area contributed by atoms with E-state index in [1.165, 1.54) is 0 Å². The van der Waals surface area contributed by atoms with Crippen LogP contribution in [0.3, 0.4) is 0 Å². The van der Waals surface area contributed by atoms with Gasteiger partial charge >= 0.3 is 0 Å². The van der Waals surface area contributed by atoms with E-state index in [1.807, 2.05) is 18.2 Å². The molecule has 20 heavy (non-hydrogen) atoms. The summed E-state index contributed by atoms with van der Waals surface area (Å²) in [5.41, 5.74) is 2.31. The number of nitrogens with one attached hydrogen (secondary N) is 1. The molecule has 0 unspecified atom stereocenters. The van der Waals surface area contributed by atoms with Crippen molar-refractivity contribution in [2.24, 2.45) is 0 Å². The average molecular weight is 265 g/mol. The Hall–Kier alpha value is -2.68. The molecule has 2 rings (SSSR count). The minimum atomic E-state index is -0.230. The Morgan fingerprint density at radius 2 is 1.45 bits per heavy atom. The Labute approximate surface area is 117 Å². The lowest BCUT2D eigenvalue weighted by atomic mass is 10.0. The standard InChI is InChI=1S/C17H15NO2/c1-12(2)17(20)18-15-10-8-14(9-11-15)16(19)13-6-4-3-5-7-13/h3-11H,1H2,2H3,(H,18,20). The first-order valence-corrected chi connectivity index (χ1v) is 6.24. The van der Waals surface area contributed by atoms with Gasteiger partial charge in [0, 0.05) is 22.4 Å². The lowest BCUT2D eigenvalue weighted by molar-refractivity contribution is -0.112. The largest absolute Gasteiger partial charge is 0.322 e. The van der Waals surface area contributed by atoms with Gasteiger partial charge in [-0.2, -0.15) is 0 Å². The highest BCUT2D eigenvalue weighted by Gasteiger charge is 2.08. The summed E-state index contributed by atoms with van der Waals surface area (Å²) in [4.78, 5) is 23.7. The molecule has 0 heterocycles. The van der Waals surface area contributed by atoms with Crippen LogP contribution in [0.1, 0.15) is 22.8 Å². The quantitative estimate of drug-likeness (QED) is 0.680. The second kappa shape index (κ2) is 5.97. The number of anilines is 1. The third kappa shape index (κ3) is 3.20. The summed E-state index contributed by atoms with van der Waals surface area (Å²) in [7, 11) is 0. The molecule has 0 bridgehead atoms. The van der Waals surface area contributed by atoms with Gasteiger partial charge in [-0.3, -0.25) is 9.59 Å². The predicted octanol–water partition coefficient (Wildman–Crippen LogP) is 3.43. The number of hydrogen-bond donors (Lipinski definition) is 1. The molecule has 0 aromatic heterocycles. The van der Waals surface area contributed by atoms with Crippen molar-refractivity contribution in [1.82, 2.24) is 0 Å². The van der Waals surface area contributed by atoms with Gasteiger partial charge in [-0.05, 0) is 31.2 Å². The number of ketones is 1. The third-order valence-electron chi connectivity index (χ3n) is 2.83. The zero-order chi connectivity index (χ0) is 14.5. The van der Waals surface area contributed by atoms with Crippen molar-refractivity contribution in [3.63, 3.8) is 0 Å². The lowest BCUT2D eigenvalue weighted by Crippen LogP contribution is -2.11. The molecule has 0 aliphatic rings. The number of benzene rings is 2. The van der Waals surface area contributed by atoms with Gasteiger partial charge in [0.15, 0.2) is 5.78 Å². The summed E-state index contributed by atoms with van der Waals surface area (Å²) in [5, 5.41) is 2.70. The van der Waals surface area contributed by atoms with E-state index in [0.717, 1.165) is 0 Å². The van der Waals surface area contributed by atoms with Crippen LogP contribution in [0.5, 0.6) is 0 Å². The van der Waals surface area contributed by atoms with E-state index < -0.39 is 0 Å². The summed E-state index contributed by atoms with van der Waals surface area (Å²) < 4.78 is 0. The molecule has 0 radical (unpaired) electrons. The first kappa shape index (κ1) is 13.7. The monoisotopic (exact) mass is 265 g/mol. The maximum atomic E-state index is 12.2. The first-order chi connectivity index (χ1) is 9.58. The van der Waals surface area contributed by atoms with Crippen molar-refractivity contribution in [2.45, 2.75) is 6.92 Å². The number of amides is 1. The van der Waals surface area contributed by atoms with Crippen LogP contribution < -0.4 is 5.32 Å². The van der Waals surface area contributed by atoms with Gasteiger partial charge in [0.05, 0.1) is 0 Å². The van der Waals surface area contributed by atoms with E-state index in [1.54, 1.807) is 43.3 Å². The second-order valence-electron chi connectivity index (χ2n) is 4.51. The van der Waals surface area contributed by atoms with Crippen LogP contribution >= 0.6 is 0 Å². The SMILES string of the molecule is C=C(C)C(=O)Nc1ccc(C(=O)c2ccccc2)cc1. The summed E-state index contributed by atoms with van der Waals surface area (Å²) in [6.45, 7) is 5.21. The molecule has 0 atom stereocenters. The fraction of sp³-hybridized carbons (Fsp3) is 0.0588. The van der Waals surface area contributed by atoms with Crippen LogP contribution in [0, 0.1) is 0 Å². The Balaban J connectivity index is 2.14. The number of rotatable bonds is 4. The lowest BCUT2D eigenvalue weighted by Gasteiger charge is -2.06. The van der Waals surface area contributed by atoms with Crippen LogP contribution in [0.25, 0.3) is 0 Å².